The molecule has 0 aromatic heterocycles. The molecule has 1 amide bonds. The predicted octanol–water partition coefficient (Wildman–Crippen LogP) is 3.55. The fraction of sp³-hybridized carbons (Fsp3) is 0.478. The smallest absolute Gasteiger partial charge is 0.428 e. The highest BCUT2D eigenvalue weighted by Gasteiger charge is 2.44. The van der Waals surface area contributed by atoms with Crippen molar-refractivity contribution in [1.82, 2.24) is 5.32 Å². The average molecular weight is 546 g/mol. The molecule has 0 spiro atoms. The van der Waals surface area contributed by atoms with E-state index in [1.54, 1.807) is 0 Å². The monoisotopic (exact) mass is 546 g/mol. The molecule has 0 fully saturated rings. The first-order valence-electron chi connectivity index (χ1n) is 11.1. The average Bonchev–Trinajstić information content (AvgIpc) is 2.81. The molecule has 0 rings (SSSR count). The van der Waals surface area contributed by atoms with E-state index in [0.29, 0.717) is 0 Å². The second-order valence-corrected chi connectivity index (χ2v) is 14.4. The lowest BCUT2D eigenvalue weighted by Crippen LogP contribution is -2.39. The summed E-state index contributed by atoms with van der Waals surface area (Å²) in [5, 5.41) is 2.61. The lowest BCUT2D eigenvalue weighted by Gasteiger charge is -2.33. The van der Waals surface area contributed by atoms with Crippen LogP contribution in [-0.2, 0) is 37.7 Å². The second kappa shape index (κ2) is 16.8. The molecule has 13 heteroatoms. The summed E-state index contributed by atoms with van der Waals surface area (Å²) in [6, 6.07) is -1.37. The number of nitrogens with two attached hydrogens (primary N) is 1. The number of ether oxygens (including phenoxy) is 3. The van der Waals surface area contributed by atoms with Crippen LogP contribution in [0.5, 0.6) is 0 Å². The van der Waals surface area contributed by atoms with Gasteiger partial charge < -0.3 is 34.4 Å². The van der Waals surface area contributed by atoms with Gasteiger partial charge in [0.1, 0.15) is 25.8 Å². The first-order chi connectivity index (χ1) is 16.9. The van der Waals surface area contributed by atoms with Gasteiger partial charge in [-0.05, 0) is 6.42 Å². The van der Waals surface area contributed by atoms with E-state index in [9.17, 15) is 28.3 Å². The normalized spacial score (nSPS) is 12.1. The Kier molecular flexibility index (Phi) is 15.6. The Bertz CT molecular complexity index is 867. The summed E-state index contributed by atoms with van der Waals surface area (Å²) >= 11 is 0. The van der Waals surface area contributed by atoms with Crippen molar-refractivity contribution in [2.75, 3.05) is 31.4 Å². The van der Waals surface area contributed by atoms with Crippen LogP contribution in [0.3, 0.4) is 0 Å². The maximum Gasteiger partial charge on any atom is 0.519 e. The van der Waals surface area contributed by atoms with Gasteiger partial charge in [-0.25, -0.2) is 9.59 Å². The third kappa shape index (κ3) is 11.3. The molecular weight excluding hydrogens is 510 g/mol. The molecule has 1 atom stereocenters. The van der Waals surface area contributed by atoms with Gasteiger partial charge >= 0.3 is 18.1 Å². The van der Waals surface area contributed by atoms with E-state index in [0.717, 1.165) is 0 Å². The molecule has 202 valence electrons. The Labute approximate surface area is 211 Å². The van der Waals surface area contributed by atoms with Gasteiger partial charge in [-0.1, -0.05) is 31.2 Å². The molecule has 0 heterocycles. The van der Waals surface area contributed by atoms with Gasteiger partial charge in [0.25, 0.3) is 0 Å². The van der Waals surface area contributed by atoms with Gasteiger partial charge in [-0.3, -0.25) is 9.59 Å². The molecule has 0 bridgehead atoms. The molecule has 36 heavy (non-hydrogen) atoms. The minimum absolute atomic E-state index is 0.0176. The number of rotatable bonds is 18. The summed E-state index contributed by atoms with van der Waals surface area (Å²) in [6.07, 6.45) is 3.89. The van der Waals surface area contributed by atoms with Crippen molar-refractivity contribution in [2.45, 2.75) is 37.8 Å². The highest BCUT2D eigenvalue weighted by Crippen LogP contribution is 2.67. The predicted molar refractivity (Wildman–Crippen MR) is 138 cm³/mol. The maximum atomic E-state index is 13.8. The molecule has 0 saturated carbocycles. The van der Waals surface area contributed by atoms with Crippen LogP contribution in [-0.4, -0.2) is 67.0 Å². The SMILES string of the molecule is C=CCP(=O)(CC=C)C(NC(=O)CC[C@H](N)C(=O)OC(=O)OCOC(=O)CC)P(=O)(CC=C)CC=C. The third-order valence-corrected chi connectivity index (χ3v) is 12.9. The summed E-state index contributed by atoms with van der Waals surface area (Å²) in [5.74, 6) is -2.44. The van der Waals surface area contributed by atoms with Crippen LogP contribution in [0.15, 0.2) is 50.6 Å². The summed E-state index contributed by atoms with van der Waals surface area (Å²) in [5.41, 5.74) is 4.51. The Hall–Kier alpha value is -2.74. The van der Waals surface area contributed by atoms with Crippen LogP contribution in [0.2, 0.25) is 0 Å². The van der Waals surface area contributed by atoms with Crippen LogP contribution in [0.1, 0.15) is 26.2 Å². The van der Waals surface area contributed by atoms with Crippen molar-refractivity contribution in [3.8, 4) is 0 Å². The van der Waals surface area contributed by atoms with Crippen LogP contribution < -0.4 is 11.1 Å². The van der Waals surface area contributed by atoms with Gasteiger partial charge in [0, 0.05) is 37.5 Å². The number of nitrogens with one attached hydrogen (secondary N) is 1. The summed E-state index contributed by atoms with van der Waals surface area (Å²) < 4.78 is 40.9. The highest BCUT2D eigenvalue weighted by atomic mass is 31.2. The zero-order chi connectivity index (χ0) is 27.8. The lowest BCUT2D eigenvalue weighted by atomic mass is 10.1. The highest BCUT2D eigenvalue weighted by molar-refractivity contribution is 7.82. The van der Waals surface area contributed by atoms with Crippen molar-refractivity contribution < 1.29 is 42.5 Å². The van der Waals surface area contributed by atoms with Crippen molar-refractivity contribution in [3.05, 3.63) is 50.6 Å². The molecule has 0 aliphatic heterocycles. The fourth-order valence-corrected chi connectivity index (χ4v) is 10.9. The Morgan fingerprint density at radius 1 is 0.889 bits per heavy atom. The topological polar surface area (TPSA) is 168 Å². The Morgan fingerprint density at radius 2 is 1.36 bits per heavy atom. The number of amides is 1. The standard InChI is InChI=1S/C23H36N2O9P2/c1-6-13-35(30,14-7-2)22(36(31,15-8-3)16-9-4)25-19(26)12-11-18(24)21(28)34-23(29)33-17-32-20(27)10-5/h6-9,18,22H,1-4,10-17,24H2,5H3,(H,25,26)/t18-/m0/s1. The van der Waals surface area contributed by atoms with Gasteiger partial charge in [0.05, 0.1) is 0 Å². The molecule has 0 radical (unpaired) electrons. The second-order valence-electron chi connectivity index (χ2n) is 7.68. The lowest BCUT2D eigenvalue weighted by molar-refractivity contribution is -0.154. The number of carbonyl (C=O) groups is 4. The van der Waals surface area contributed by atoms with Crippen LogP contribution in [0, 0.1) is 0 Å². The molecule has 0 aliphatic carbocycles. The first-order valence-corrected chi connectivity index (χ1v) is 15.4. The van der Waals surface area contributed by atoms with E-state index in [1.165, 1.54) is 31.2 Å². The first kappa shape index (κ1) is 33.3. The number of allylic oxidation sites excluding steroid dienone is 4. The Balaban J connectivity index is 5.32. The molecule has 0 aromatic rings. The zero-order valence-electron chi connectivity index (χ0n) is 20.6. The zero-order valence-corrected chi connectivity index (χ0v) is 22.4. The Morgan fingerprint density at radius 3 is 1.78 bits per heavy atom. The minimum atomic E-state index is -3.32. The summed E-state index contributed by atoms with van der Waals surface area (Å²) in [6.45, 7) is 15.3. The van der Waals surface area contributed by atoms with Crippen LogP contribution in [0.25, 0.3) is 0 Å². The van der Waals surface area contributed by atoms with Crippen LogP contribution in [0.4, 0.5) is 4.79 Å². The van der Waals surface area contributed by atoms with E-state index in [2.05, 4.69) is 45.8 Å². The number of esters is 2. The minimum Gasteiger partial charge on any atom is -0.428 e. The number of carbonyl (C=O) groups excluding carboxylic acids is 4. The molecule has 0 aromatic carbocycles. The summed E-state index contributed by atoms with van der Waals surface area (Å²) in [4.78, 5) is 47.2. The number of hydrogen-bond donors (Lipinski definition) is 2. The molecule has 0 saturated heterocycles. The van der Waals surface area contributed by atoms with Gasteiger partial charge in [-0.2, -0.15) is 0 Å². The van der Waals surface area contributed by atoms with Crippen molar-refractivity contribution in [2.24, 2.45) is 5.73 Å². The third-order valence-electron chi connectivity index (χ3n) is 4.79. The number of hydrogen-bond acceptors (Lipinski definition) is 10. The van der Waals surface area contributed by atoms with E-state index in [4.69, 9.17) is 5.73 Å². The van der Waals surface area contributed by atoms with Crippen molar-refractivity contribution in [3.63, 3.8) is 0 Å². The molecule has 11 nitrogen and oxygen atoms in total. The molecule has 0 unspecified atom stereocenters. The van der Waals surface area contributed by atoms with E-state index in [-0.39, 0.29) is 43.9 Å². The largest absolute Gasteiger partial charge is 0.519 e. The van der Waals surface area contributed by atoms with Crippen molar-refractivity contribution in [1.29, 1.82) is 0 Å². The molecule has 0 aliphatic rings. The van der Waals surface area contributed by atoms with Gasteiger partial charge in [-0.15, -0.1) is 26.3 Å². The van der Waals surface area contributed by atoms with Crippen LogP contribution >= 0.6 is 14.3 Å². The molecule has 3 N–H and O–H groups in total. The van der Waals surface area contributed by atoms with E-state index < -0.39 is 56.6 Å². The van der Waals surface area contributed by atoms with Gasteiger partial charge in [0.2, 0.25) is 12.7 Å². The molecular formula is C23H36N2O9P2. The van der Waals surface area contributed by atoms with Gasteiger partial charge in [0.15, 0.2) is 0 Å². The fourth-order valence-electron chi connectivity index (χ4n) is 3.09. The van der Waals surface area contributed by atoms with E-state index in [1.807, 2.05) is 0 Å². The quantitative estimate of drug-likeness (QED) is 0.0852. The summed E-state index contributed by atoms with van der Waals surface area (Å²) in [7, 11) is -6.63. The van der Waals surface area contributed by atoms with E-state index >= 15 is 0 Å². The maximum absolute atomic E-state index is 13.8. The van der Waals surface area contributed by atoms with Crippen molar-refractivity contribution >= 4 is 38.3 Å².